The van der Waals surface area contributed by atoms with Gasteiger partial charge in [-0.3, -0.25) is 9.69 Å². The van der Waals surface area contributed by atoms with Crippen molar-refractivity contribution in [3.05, 3.63) is 0 Å². The number of nitrogens with two attached hydrogens (primary N) is 1. The van der Waals surface area contributed by atoms with E-state index in [1.165, 1.54) is 0 Å². The van der Waals surface area contributed by atoms with Gasteiger partial charge in [0.05, 0.1) is 13.2 Å². The second-order valence-corrected chi connectivity index (χ2v) is 4.67. The molecule has 1 aliphatic carbocycles. The topological polar surface area (TPSA) is 67.6 Å². The van der Waals surface area contributed by atoms with Crippen molar-refractivity contribution < 1.29 is 9.53 Å². The fraction of sp³-hybridized carbons (Fsp3) is 0.909. The second kappa shape index (κ2) is 5.61. The summed E-state index contributed by atoms with van der Waals surface area (Å²) in [6.07, 6.45) is 1.70. The molecule has 2 fully saturated rings. The molecule has 0 aromatic rings. The summed E-state index contributed by atoms with van der Waals surface area (Å²) in [6, 6.07) is 0.245. The van der Waals surface area contributed by atoms with E-state index in [2.05, 4.69) is 10.2 Å². The molecule has 0 aromatic carbocycles. The van der Waals surface area contributed by atoms with Gasteiger partial charge in [-0.25, -0.2) is 0 Å². The van der Waals surface area contributed by atoms with E-state index in [9.17, 15) is 4.79 Å². The molecule has 0 radical (unpaired) electrons. The van der Waals surface area contributed by atoms with Crippen molar-refractivity contribution >= 4 is 5.91 Å². The maximum absolute atomic E-state index is 11.6. The zero-order valence-electron chi connectivity index (χ0n) is 9.65. The largest absolute Gasteiger partial charge is 0.379 e. The van der Waals surface area contributed by atoms with Gasteiger partial charge in [0.1, 0.15) is 0 Å². The van der Waals surface area contributed by atoms with Crippen LogP contribution in [0.2, 0.25) is 0 Å². The van der Waals surface area contributed by atoms with E-state index in [-0.39, 0.29) is 17.9 Å². The fourth-order valence-corrected chi connectivity index (χ4v) is 2.18. The quantitative estimate of drug-likeness (QED) is 0.658. The molecule has 0 spiro atoms. The minimum atomic E-state index is 0.166. The highest BCUT2D eigenvalue weighted by atomic mass is 16.5. The third-order valence-electron chi connectivity index (χ3n) is 3.38. The lowest BCUT2D eigenvalue weighted by atomic mass is 9.80. The lowest BCUT2D eigenvalue weighted by molar-refractivity contribution is -0.127. The first-order chi connectivity index (χ1) is 7.75. The highest BCUT2D eigenvalue weighted by Crippen LogP contribution is 2.25. The number of ether oxygens (including phenoxy) is 1. The Labute approximate surface area is 96.3 Å². The molecule has 1 saturated carbocycles. The number of amides is 1. The lowest BCUT2D eigenvalue weighted by Crippen LogP contribution is -2.47. The highest BCUT2D eigenvalue weighted by Gasteiger charge is 2.31. The molecule has 16 heavy (non-hydrogen) atoms. The van der Waals surface area contributed by atoms with E-state index >= 15 is 0 Å². The van der Waals surface area contributed by atoms with Crippen LogP contribution in [-0.4, -0.2) is 56.2 Å². The molecule has 1 amide bonds. The number of nitrogens with zero attached hydrogens (tertiary/aromatic N) is 1. The van der Waals surface area contributed by atoms with Crippen LogP contribution in [0, 0.1) is 5.92 Å². The monoisotopic (exact) mass is 227 g/mol. The smallest absolute Gasteiger partial charge is 0.223 e. The summed E-state index contributed by atoms with van der Waals surface area (Å²) in [5, 5.41) is 2.98. The van der Waals surface area contributed by atoms with E-state index in [1.54, 1.807) is 0 Å². The number of nitrogens with one attached hydrogen (secondary N) is 1. The molecular weight excluding hydrogens is 206 g/mol. The van der Waals surface area contributed by atoms with Gasteiger partial charge in [0.2, 0.25) is 5.91 Å². The third-order valence-corrected chi connectivity index (χ3v) is 3.38. The second-order valence-electron chi connectivity index (χ2n) is 4.67. The van der Waals surface area contributed by atoms with Crippen LogP contribution in [0.4, 0.5) is 0 Å². The first-order valence-corrected chi connectivity index (χ1v) is 6.09. The van der Waals surface area contributed by atoms with Gasteiger partial charge in [0.15, 0.2) is 0 Å². The van der Waals surface area contributed by atoms with Gasteiger partial charge >= 0.3 is 0 Å². The van der Waals surface area contributed by atoms with Crippen LogP contribution in [0.5, 0.6) is 0 Å². The predicted molar refractivity (Wildman–Crippen MR) is 61.0 cm³/mol. The van der Waals surface area contributed by atoms with Gasteiger partial charge in [-0.1, -0.05) is 0 Å². The Hall–Kier alpha value is -0.650. The molecular formula is C11H21N3O2. The number of hydrogen-bond acceptors (Lipinski definition) is 4. The van der Waals surface area contributed by atoms with Gasteiger partial charge in [0.25, 0.3) is 0 Å². The molecule has 5 nitrogen and oxygen atoms in total. The van der Waals surface area contributed by atoms with Crippen molar-refractivity contribution in [2.24, 2.45) is 11.7 Å². The van der Waals surface area contributed by atoms with Crippen LogP contribution in [0.1, 0.15) is 12.8 Å². The number of morpholine rings is 1. The predicted octanol–water partition coefficient (Wildman–Crippen LogP) is -0.828. The van der Waals surface area contributed by atoms with E-state index in [0.29, 0.717) is 0 Å². The fourth-order valence-electron chi connectivity index (χ4n) is 2.18. The first kappa shape index (κ1) is 11.8. The maximum atomic E-state index is 11.6. The summed E-state index contributed by atoms with van der Waals surface area (Å²) < 4.78 is 5.26. The Balaban J connectivity index is 1.55. The minimum absolute atomic E-state index is 0.166. The molecule has 92 valence electrons. The molecule has 3 N–H and O–H groups in total. The van der Waals surface area contributed by atoms with Crippen molar-refractivity contribution in [3.8, 4) is 0 Å². The van der Waals surface area contributed by atoms with Gasteiger partial charge in [0, 0.05) is 38.1 Å². The molecule has 0 atom stereocenters. The Bertz CT molecular complexity index is 235. The Morgan fingerprint density at radius 3 is 2.69 bits per heavy atom. The van der Waals surface area contributed by atoms with Crippen molar-refractivity contribution in [2.75, 3.05) is 39.4 Å². The highest BCUT2D eigenvalue weighted by molar-refractivity contribution is 5.79. The van der Waals surface area contributed by atoms with Crippen molar-refractivity contribution in [3.63, 3.8) is 0 Å². The summed E-state index contributed by atoms with van der Waals surface area (Å²) in [6.45, 7) is 5.24. The molecule has 5 heteroatoms. The van der Waals surface area contributed by atoms with Crippen LogP contribution in [0.3, 0.4) is 0 Å². The third kappa shape index (κ3) is 3.17. The average Bonchev–Trinajstić information content (AvgIpc) is 2.26. The van der Waals surface area contributed by atoms with Crippen LogP contribution in [-0.2, 0) is 9.53 Å². The SMILES string of the molecule is NC1CC(C(=O)NCCN2CCOCC2)C1. The molecule has 1 saturated heterocycles. The number of hydrogen-bond donors (Lipinski definition) is 2. The number of carbonyl (C=O) groups excluding carboxylic acids is 1. The Morgan fingerprint density at radius 1 is 1.38 bits per heavy atom. The Kier molecular flexibility index (Phi) is 4.15. The summed E-state index contributed by atoms with van der Waals surface area (Å²) in [4.78, 5) is 13.9. The van der Waals surface area contributed by atoms with E-state index < -0.39 is 0 Å². The summed E-state index contributed by atoms with van der Waals surface area (Å²) >= 11 is 0. The summed E-state index contributed by atoms with van der Waals surface area (Å²) in [5.41, 5.74) is 5.65. The normalized spacial score (nSPS) is 30.8. The van der Waals surface area contributed by atoms with Crippen molar-refractivity contribution in [2.45, 2.75) is 18.9 Å². The number of carbonyl (C=O) groups is 1. The molecule has 1 aliphatic heterocycles. The molecule has 0 unspecified atom stereocenters. The van der Waals surface area contributed by atoms with Gasteiger partial charge in [-0.05, 0) is 12.8 Å². The molecule has 0 bridgehead atoms. The van der Waals surface area contributed by atoms with E-state index in [4.69, 9.17) is 10.5 Å². The lowest BCUT2D eigenvalue weighted by Gasteiger charge is -2.31. The van der Waals surface area contributed by atoms with Crippen LogP contribution >= 0.6 is 0 Å². The van der Waals surface area contributed by atoms with Crippen molar-refractivity contribution in [1.29, 1.82) is 0 Å². The van der Waals surface area contributed by atoms with Gasteiger partial charge < -0.3 is 15.8 Å². The zero-order valence-corrected chi connectivity index (χ0v) is 9.65. The zero-order chi connectivity index (χ0) is 11.4. The van der Waals surface area contributed by atoms with Crippen LogP contribution in [0.25, 0.3) is 0 Å². The Morgan fingerprint density at radius 2 is 2.06 bits per heavy atom. The molecule has 1 heterocycles. The van der Waals surface area contributed by atoms with Crippen LogP contribution in [0.15, 0.2) is 0 Å². The van der Waals surface area contributed by atoms with E-state index in [1.807, 2.05) is 0 Å². The van der Waals surface area contributed by atoms with Gasteiger partial charge in [-0.2, -0.15) is 0 Å². The minimum Gasteiger partial charge on any atom is -0.379 e. The maximum Gasteiger partial charge on any atom is 0.223 e. The average molecular weight is 227 g/mol. The molecule has 0 aromatic heterocycles. The summed E-state index contributed by atoms with van der Waals surface area (Å²) in [7, 11) is 0. The van der Waals surface area contributed by atoms with Gasteiger partial charge in [-0.15, -0.1) is 0 Å². The van der Waals surface area contributed by atoms with Crippen molar-refractivity contribution in [1.82, 2.24) is 10.2 Å². The van der Waals surface area contributed by atoms with E-state index in [0.717, 1.165) is 52.2 Å². The number of rotatable bonds is 4. The summed E-state index contributed by atoms with van der Waals surface area (Å²) in [5.74, 6) is 0.342. The van der Waals surface area contributed by atoms with Crippen LogP contribution < -0.4 is 11.1 Å². The standard InChI is InChI=1S/C11H21N3O2/c12-10-7-9(8-10)11(15)13-1-2-14-3-5-16-6-4-14/h9-10H,1-8,12H2,(H,13,15). The molecule has 2 rings (SSSR count). The molecule has 2 aliphatic rings. The first-order valence-electron chi connectivity index (χ1n) is 6.09.